The molecule has 1 aromatic carbocycles. The zero-order valence-electron chi connectivity index (χ0n) is 15.0. The first-order chi connectivity index (χ1) is 13.3. The van der Waals surface area contributed by atoms with E-state index >= 15 is 0 Å². The third-order valence-electron chi connectivity index (χ3n) is 4.60. The summed E-state index contributed by atoms with van der Waals surface area (Å²) in [7, 11) is -3.67. The maximum atomic E-state index is 13.0. The highest BCUT2D eigenvalue weighted by Crippen LogP contribution is 2.26. The largest absolute Gasteiger partial charge is 0.363 e. The Bertz CT molecular complexity index is 909. The lowest BCUT2D eigenvalue weighted by molar-refractivity contribution is 0.305. The molecule has 152 valence electrons. The number of nitrogens with zero attached hydrogens (tertiary/aromatic N) is 2. The van der Waals surface area contributed by atoms with E-state index in [2.05, 4.69) is 25.7 Å². The Kier molecular flexibility index (Phi) is 6.21. The molecule has 1 heterocycles. The summed E-state index contributed by atoms with van der Waals surface area (Å²) in [6, 6.07) is 5.72. The van der Waals surface area contributed by atoms with E-state index in [1.54, 1.807) is 0 Å². The van der Waals surface area contributed by atoms with Crippen molar-refractivity contribution >= 4 is 27.6 Å². The number of amidine groups is 1. The lowest BCUT2D eigenvalue weighted by atomic mass is 9.86. The summed E-state index contributed by atoms with van der Waals surface area (Å²) < 4.78 is 42.1. The Hall–Kier alpha value is -2.57. The Morgan fingerprint density at radius 2 is 1.89 bits per heavy atom. The van der Waals surface area contributed by atoms with Crippen LogP contribution in [0.3, 0.4) is 0 Å². The topological polar surface area (TPSA) is 159 Å². The van der Waals surface area contributed by atoms with Crippen LogP contribution in [0.1, 0.15) is 31.4 Å². The first kappa shape index (κ1) is 20.2. The molecule has 1 fully saturated rings. The van der Waals surface area contributed by atoms with Gasteiger partial charge in [-0.2, -0.15) is 8.42 Å². The van der Waals surface area contributed by atoms with Gasteiger partial charge < -0.3 is 10.6 Å². The number of hydrogen-bond acceptors (Lipinski definition) is 7. The first-order valence-corrected chi connectivity index (χ1v) is 10.3. The fourth-order valence-electron chi connectivity index (χ4n) is 3.12. The van der Waals surface area contributed by atoms with Crippen molar-refractivity contribution in [1.82, 2.24) is 15.0 Å². The van der Waals surface area contributed by atoms with Crippen molar-refractivity contribution < 1.29 is 17.4 Å². The van der Waals surface area contributed by atoms with E-state index < -0.39 is 10.2 Å². The lowest BCUT2D eigenvalue weighted by Crippen LogP contribution is -2.37. The molecular formula is C16H22FN7O3S. The van der Waals surface area contributed by atoms with Gasteiger partial charge in [-0.05, 0) is 66.2 Å². The molecule has 0 aliphatic heterocycles. The van der Waals surface area contributed by atoms with Gasteiger partial charge in [0.25, 0.3) is 10.2 Å². The molecule has 1 aromatic heterocycles. The molecule has 28 heavy (non-hydrogen) atoms. The van der Waals surface area contributed by atoms with E-state index in [1.165, 1.54) is 24.3 Å². The van der Waals surface area contributed by atoms with Gasteiger partial charge in [0.15, 0.2) is 11.5 Å². The molecule has 1 aliphatic rings. The minimum absolute atomic E-state index is 0.0265. The van der Waals surface area contributed by atoms with Crippen molar-refractivity contribution in [2.75, 3.05) is 17.2 Å². The van der Waals surface area contributed by atoms with Crippen molar-refractivity contribution in [3.63, 3.8) is 0 Å². The van der Waals surface area contributed by atoms with Crippen LogP contribution in [0.4, 0.5) is 15.9 Å². The highest BCUT2D eigenvalue weighted by atomic mass is 32.2. The van der Waals surface area contributed by atoms with Crippen LogP contribution in [0.2, 0.25) is 0 Å². The van der Waals surface area contributed by atoms with Crippen molar-refractivity contribution in [3.8, 4) is 0 Å². The second-order valence-electron chi connectivity index (χ2n) is 6.72. The highest BCUT2D eigenvalue weighted by molar-refractivity contribution is 7.87. The average molecular weight is 411 g/mol. The monoisotopic (exact) mass is 411 g/mol. The fraction of sp³-hybridized carbons (Fsp3) is 0.438. The Morgan fingerprint density at radius 3 is 2.54 bits per heavy atom. The van der Waals surface area contributed by atoms with E-state index in [0.717, 1.165) is 25.7 Å². The SMILES string of the molecule is N=C(Nc1ccc(F)cc1)c1nonc1NC1CCC(CNS(N)(=O)=O)CC1. The predicted octanol–water partition coefficient (Wildman–Crippen LogP) is 1.41. The van der Waals surface area contributed by atoms with Crippen LogP contribution in [0.5, 0.6) is 0 Å². The second kappa shape index (κ2) is 8.63. The molecule has 0 unspecified atom stereocenters. The first-order valence-electron chi connectivity index (χ1n) is 8.78. The molecular weight excluding hydrogens is 389 g/mol. The zero-order chi connectivity index (χ0) is 20.1. The van der Waals surface area contributed by atoms with Gasteiger partial charge in [0, 0.05) is 18.3 Å². The van der Waals surface area contributed by atoms with Gasteiger partial charge in [-0.15, -0.1) is 0 Å². The third kappa shape index (κ3) is 5.71. The summed E-state index contributed by atoms with van der Waals surface area (Å²) in [5.41, 5.74) is 0.769. The molecule has 12 heteroatoms. The number of rotatable bonds is 7. The number of hydrogen-bond donors (Lipinski definition) is 5. The summed E-state index contributed by atoms with van der Waals surface area (Å²) in [6.45, 7) is 0.328. The number of nitrogens with two attached hydrogens (primary N) is 1. The fourth-order valence-corrected chi connectivity index (χ4v) is 3.59. The molecule has 10 nitrogen and oxygen atoms in total. The molecule has 6 N–H and O–H groups in total. The molecule has 0 spiro atoms. The standard InChI is InChI=1S/C16H22FN7O3S/c17-11-3-7-12(8-4-11)21-15(18)14-16(24-27-23-14)22-13-5-1-10(2-6-13)9-20-28(19,25)26/h3-4,7-8,10,13,20H,1-2,5-6,9H2,(H2,18,21)(H,22,24)(H2,19,25,26). The molecule has 0 bridgehead atoms. The summed E-state index contributed by atoms with van der Waals surface area (Å²) in [5.74, 6) is 0.189. The van der Waals surface area contributed by atoms with Crippen molar-refractivity contribution in [1.29, 1.82) is 5.41 Å². The Balaban J connectivity index is 1.53. The Morgan fingerprint density at radius 1 is 1.21 bits per heavy atom. The van der Waals surface area contributed by atoms with E-state index in [-0.39, 0.29) is 29.3 Å². The van der Waals surface area contributed by atoms with E-state index in [9.17, 15) is 12.8 Å². The van der Waals surface area contributed by atoms with Crippen molar-refractivity contribution in [2.45, 2.75) is 31.7 Å². The van der Waals surface area contributed by atoms with E-state index in [0.29, 0.717) is 18.1 Å². The number of anilines is 2. The van der Waals surface area contributed by atoms with Gasteiger partial charge in [0.1, 0.15) is 5.82 Å². The van der Waals surface area contributed by atoms with Gasteiger partial charge in [0.2, 0.25) is 5.82 Å². The predicted molar refractivity (Wildman–Crippen MR) is 102 cm³/mol. The van der Waals surface area contributed by atoms with Crippen LogP contribution in [0.25, 0.3) is 0 Å². The molecule has 0 atom stereocenters. The minimum atomic E-state index is -3.67. The number of aromatic nitrogens is 2. The maximum absolute atomic E-state index is 13.0. The minimum Gasteiger partial charge on any atom is -0.363 e. The van der Waals surface area contributed by atoms with Gasteiger partial charge in [0.05, 0.1) is 0 Å². The van der Waals surface area contributed by atoms with Crippen molar-refractivity contribution in [2.24, 2.45) is 11.1 Å². The highest BCUT2D eigenvalue weighted by Gasteiger charge is 2.24. The number of halogens is 1. The summed E-state index contributed by atoms with van der Waals surface area (Å²) in [5, 5.41) is 26.8. The van der Waals surface area contributed by atoms with Crippen LogP contribution in [-0.4, -0.2) is 37.2 Å². The lowest BCUT2D eigenvalue weighted by Gasteiger charge is -2.29. The molecule has 0 saturated heterocycles. The van der Waals surface area contributed by atoms with Crippen LogP contribution in [0, 0.1) is 17.1 Å². The third-order valence-corrected chi connectivity index (χ3v) is 5.17. The van der Waals surface area contributed by atoms with Gasteiger partial charge in [-0.25, -0.2) is 18.9 Å². The smallest absolute Gasteiger partial charge is 0.274 e. The maximum Gasteiger partial charge on any atom is 0.274 e. The Labute approximate surface area is 161 Å². The number of benzene rings is 1. The molecule has 1 aliphatic carbocycles. The van der Waals surface area contributed by atoms with Crippen LogP contribution >= 0.6 is 0 Å². The van der Waals surface area contributed by atoms with Crippen LogP contribution < -0.4 is 20.5 Å². The summed E-state index contributed by atoms with van der Waals surface area (Å²) in [6.07, 6.45) is 3.27. The zero-order valence-corrected chi connectivity index (χ0v) is 15.8. The normalized spacial score (nSPS) is 19.9. The van der Waals surface area contributed by atoms with Crippen LogP contribution in [0.15, 0.2) is 28.9 Å². The number of nitrogens with one attached hydrogen (secondary N) is 4. The van der Waals surface area contributed by atoms with E-state index in [1.807, 2.05) is 0 Å². The molecule has 0 radical (unpaired) electrons. The summed E-state index contributed by atoms with van der Waals surface area (Å²) in [4.78, 5) is 0. The quantitative estimate of drug-likeness (QED) is 0.340. The second-order valence-corrected chi connectivity index (χ2v) is 8.10. The molecule has 2 aromatic rings. The average Bonchev–Trinajstić information content (AvgIpc) is 3.11. The van der Waals surface area contributed by atoms with Gasteiger partial charge in [-0.1, -0.05) is 0 Å². The molecule has 0 amide bonds. The molecule has 1 saturated carbocycles. The van der Waals surface area contributed by atoms with Crippen LogP contribution in [-0.2, 0) is 10.2 Å². The summed E-state index contributed by atoms with van der Waals surface area (Å²) >= 11 is 0. The van der Waals surface area contributed by atoms with Gasteiger partial charge in [-0.3, -0.25) is 5.41 Å². The van der Waals surface area contributed by atoms with E-state index in [4.69, 9.17) is 15.2 Å². The molecule has 3 rings (SSSR count). The van der Waals surface area contributed by atoms with Gasteiger partial charge >= 0.3 is 0 Å². The van der Waals surface area contributed by atoms with Crippen molar-refractivity contribution in [3.05, 3.63) is 35.8 Å².